The molecule has 0 spiro atoms. The van der Waals surface area contributed by atoms with Gasteiger partial charge in [-0.15, -0.1) is 13.2 Å². The number of furan rings is 1. The third-order valence-electron chi connectivity index (χ3n) is 7.29. The number of carbonyl (C=O) groups is 1. The molecule has 0 radical (unpaired) electrons. The fraction of sp³-hybridized carbons (Fsp3) is 0.161. The second-order valence-electron chi connectivity index (χ2n) is 10.4. The first-order valence-electron chi connectivity index (χ1n) is 13.6. The number of anilines is 1. The van der Waals surface area contributed by atoms with Gasteiger partial charge in [0, 0.05) is 42.4 Å². The SMILES string of the molecule is CNC(=O)c1c(-c2ccc(C)cc2)oc2cc(N(C)S(C)(=O)=O)c(-c3ncc4ncn(-c5ccc(OC(F)(F)F)cc5)c4n3)cc12. The Bertz CT molecular complexity index is 2230. The average Bonchev–Trinajstić information content (AvgIpc) is 3.60. The first-order chi connectivity index (χ1) is 21.7. The van der Waals surface area contributed by atoms with E-state index in [1.807, 2.05) is 31.2 Å². The molecule has 6 rings (SSSR count). The Morgan fingerprint density at radius 3 is 2.37 bits per heavy atom. The number of hydrogen-bond acceptors (Lipinski definition) is 8. The third-order valence-corrected chi connectivity index (χ3v) is 8.48. The Hall–Kier alpha value is -5.44. The zero-order valence-corrected chi connectivity index (χ0v) is 25.6. The van der Waals surface area contributed by atoms with Crippen LogP contribution in [0.25, 0.3) is 50.5 Å². The van der Waals surface area contributed by atoms with Crippen molar-refractivity contribution in [3.63, 3.8) is 0 Å². The standard InChI is InChI=1S/C31H25F3N6O5S/c1-17-5-7-18(8-6-17)27-26(30(41)35-2)22-13-21(24(14-25(22)44-27)39(3)46(4,42)43)28-36-15-23-29(38-28)40(16-37-23)19-9-11-20(12-10-19)45-31(32,33)34/h5-16H,1-4H3,(H,35,41). The number of amides is 1. The molecule has 15 heteroatoms. The molecule has 0 unspecified atom stereocenters. The fourth-order valence-corrected chi connectivity index (χ4v) is 5.45. The number of aromatic nitrogens is 4. The second kappa shape index (κ2) is 11.2. The van der Waals surface area contributed by atoms with E-state index < -0.39 is 28.0 Å². The number of benzene rings is 3. The van der Waals surface area contributed by atoms with Gasteiger partial charge in [0.2, 0.25) is 10.0 Å². The van der Waals surface area contributed by atoms with E-state index in [0.717, 1.165) is 28.3 Å². The first kappa shape index (κ1) is 30.6. The van der Waals surface area contributed by atoms with Crippen LogP contribution < -0.4 is 14.4 Å². The first-order valence-corrected chi connectivity index (χ1v) is 15.5. The smallest absolute Gasteiger partial charge is 0.455 e. The van der Waals surface area contributed by atoms with Gasteiger partial charge in [0.05, 0.1) is 23.7 Å². The quantitative estimate of drug-likeness (QED) is 0.227. The summed E-state index contributed by atoms with van der Waals surface area (Å²) in [6, 6.07) is 15.7. The van der Waals surface area contributed by atoms with Crippen molar-refractivity contribution in [1.82, 2.24) is 24.8 Å². The minimum absolute atomic E-state index is 0.0969. The third kappa shape index (κ3) is 5.72. The molecule has 0 saturated carbocycles. The maximum absolute atomic E-state index is 13.2. The predicted octanol–water partition coefficient (Wildman–Crippen LogP) is 5.86. The highest BCUT2D eigenvalue weighted by atomic mass is 32.2. The van der Waals surface area contributed by atoms with Crippen molar-refractivity contribution in [2.45, 2.75) is 13.3 Å². The van der Waals surface area contributed by atoms with Crippen molar-refractivity contribution in [3.8, 4) is 34.1 Å². The second-order valence-corrected chi connectivity index (χ2v) is 12.4. The summed E-state index contributed by atoms with van der Waals surface area (Å²) < 4.78 is 76.2. The maximum atomic E-state index is 13.2. The van der Waals surface area contributed by atoms with E-state index >= 15 is 0 Å². The maximum Gasteiger partial charge on any atom is 0.573 e. The minimum Gasteiger partial charge on any atom is -0.455 e. The van der Waals surface area contributed by atoms with Gasteiger partial charge in [-0.25, -0.2) is 23.4 Å². The normalized spacial score (nSPS) is 12.1. The molecule has 6 aromatic rings. The molecule has 3 heterocycles. The van der Waals surface area contributed by atoms with Crippen molar-refractivity contribution in [3.05, 3.63) is 84.3 Å². The summed E-state index contributed by atoms with van der Waals surface area (Å²) >= 11 is 0. The molecule has 0 aliphatic rings. The summed E-state index contributed by atoms with van der Waals surface area (Å²) in [5.41, 5.74) is 3.71. The van der Waals surface area contributed by atoms with E-state index in [0.29, 0.717) is 33.6 Å². The number of ether oxygens (including phenoxy) is 1. The number of imidazole rings is 1. The minimum atomic E-state index is -4.84. The van der Waals surface area contributed by atoms with E-state index in [1.165, 1.54) is 44.8 Å². The lowest BCUT2D eigenvalue weighted by atomic mass is 10.0. The molecule has 0 saturated heterocycles. The average molecular weight is 651 g/mol. The number of nitrogens with zero attached hydrogens (tertiary/aromatic N) is 5. The molecule has 1 amide bonds. The predicted molar refractivity (Wildman–Crippen MR) is 165 cm³/mol. The number of aryl methyl sites for hydroxylation is 1. The summed E-state index contributed by atoms with van der Waals surface area (Å²) in [5.74, 6) is -0.418. The highest BCUT2D eigenvalue weighted by molar-refractivity contribution is 7.92. The Morgan fingerprint density at radius 2 is 1.74 bits per heavy atom. The van der Waals surface area contributed by atoms with Gasteiger partial charge in [-0.3, -0.25) is 13.7 Å². The monoisotopic (exact) mass is 650 g/mol. The molecular weight excluding hydrogens is 625 g/mol. The van der Waals surface area contributed by atoms with Gasteiger partial charge in [0.1, 0.15) is 28.9 Å². The van der Waals surface area contributed by atoms with Crippen LogP contribution in [-0.2, 0) is 10.0 Å². The molecule has 46 heavy (non-hydrogen) atoms. The lowest BCUT2D eigenvalue weighted by Crippen LogP contribution is -2.25. The Morgan fingerprint density at radius 1 is 1.04 bits per heavy atom. The van der Waals surface area contributed by atoms with Gasteiger partial charge < -0.3 is 14.5 Å². The van der Waals surface area contributed by atoms with Crippen LogP contribution >= 0.6 is 0 Å². The topological polar surface area (TPSA) is 132 Å². The molecule has 0 bridgehead atoms. The van der Waals surface area contributed by atoms with Crippen molar-refractivity contribution < 1.29 is 35.5 Å². The van der Waals surface area contributed by atoms with Gasteiger partial charge in [-0.2, -0.15) is 0 Å². The number of fused-ring (bicyclic) bond motifs is 2. The van der Waals surface area contributed by atoms with Crippen LogP contribution in [0.3, 0.4) is 0 Å². The molecule has 3 aromatic heterocycles. The fourth-order valence-electron chi connectivity index (χ4n) is 4.95. The number of halogens is 3. The Labute approximate surface area is 260 Å². The summed E-state index contributed by atoms with van der Waals surface area (Å²) in [5, 5.41) is 3.04. The number of sulfonamides is 1. The molecule has 0 fully saturated rings. The number of alkyl halides is 3. The summed E-state index contributed by atoms with van der Waals surface area (Å²) in [7, 11) is -0.924. The van der Waals surface area contributed by atoms with Crippen molar-refractivity contribution >= 4 is 43.8 Å². The van der Waals surface area contributed by atoms with Crippen LogP contribution in [0.15, 0.2) is 77.6 Å². The number of carbonyl (C=O) groups excluding carboxylic acids is 1. The van der Waals surface area contributed by atoms with E-state index in [9.17, 15) is 26.4 Å². The largest absolute Gasteiger partial charge is 0.573 e. The molecule has 0 atom stereocenters. The highest BCUT2D eigenvalue weighted by Gasteiger charge is 2.31. The molecule has 1 N–H and O–H groups in total. The van der Waals surface area contributed by atoms with Crippen LogP contribution in [0.5, 0.6) is 5.75 Å². The lowest BCUT2D eigenvalue weighted by molar-refractivity contribution is -0.274. The van der Waals surface area contributed by atoms with E-state index in [2.05, 4.69) is 20.0 Å². The van der Waals surface area contributed by atoms with Gasteiger partial charge in [-0.1, -0.05) is 29.8 Å². The van der Waals surface area contributed by atoms with Gasteiger partial charge >= 0.3 is 6.36 Å². The Kier molecular flexibility index (Phi) is 7.43. The van der Waals surface area contributed by atoms with Crippen molar-refractivity contribution in [2.75, 3.05) is 24.7 Å². The molecule has 3 aromatic carbocycles. The van der Waals surface area contributed by atoms with Gasteiger partial charge in [0.25, 0.3) is 5.91 Å². The van der Waals surface area contributed by atoms with Gasteiger partial charge in [-0.05, 0) is 37.3 Å². The summed E-state index contributed by atoms with van der Waals surface area (Å²) in [6.07, 6.45) is -0.918. The van der Waals surface area contributed by atoms with E-state index in [4.69, 9.17) is 9.40 Å². The van der Waals surface area contributed by atoms with Crippen molar-refractivity contribution in [2.24, 2.45) is 0 Å². The van der Waals surface area contributed by atoms with E-state index in [1.54, 1.807) is 10.6 Å². The lowest BCUT2D eigenvalue weighted by Gasteiger charge is -2.20. The number of nitrogens with one attached hydrogen (secondary N) is 1. The zero-order chi connectivity index (χ0) is 33.0. The van der Waals surface area contributed by atoms with Crippen LogP contribution in [0.4, 0.5) is 18.9 Å². The van der Waals surface area contributed by atoms with Gasteiger partial charge in [0.15, 0.2) is 11.5 Å². The summed E-state index contributed by atoms with van der Waals surface area (Å²) in [4.78, 5) is 26.7. The van der Waals surface area contributed by atoms with Crippen molar-refractivity contribution in [1.29, 1.82) is 0 Å². The highest BCUT2D eigenvalue weighted by Crippen LogP contribution is 2.41. The molecular formula is C31H25F3N6O5S. The zero-order valence-electron chi connectivity index (χ0n) is 24.7. The molecule has 11 nitrogen and oxygen atoms in total. The van der Waals surface area contributed by atoms with Crippen LogP contribution in [0.2, 0.25) is 0 Å². The molecule has 0 aliphatic carbocycles. The van der Waals surface area contributed by atoms with E-state index in [-0.39, 0.29) is 28.2 Å². The summed E-state index contributed by atoms with van der Waals surface area (Å²) in [6.45, 7) is 1.93. The molecule has 236 valence electrons. The number of hydrogen-bond donors (Lipinski definition) is 1. The molecule has 0 aliphatic heterocycles. The number of rotatable bonds is 7. The van der Waals surface area contributed by atoms with Crippen LogP contribution in [0, 0.1) is 6.92 Å². The van der Waals surface area contributed by atoms with Crippen LogP contribution in [-0.4, -0.2) is 60.6 Å². The van der Waals surface area contributed by atoms with Crippen LogP contribution in [0.1, 0.15) is 15.9 Å². The Balaban J connectivity index is 1.56.